The smallest absolute Gasteiger partial charge is 0.137 e. The summed E-state index contributed by atoms with van der Waals surface area (Å²) >= 11 is 3.41. The molecule has 3 heteroatoms. The quantitative estimate of drug-likeness (QED) is 0.899. The fourth-order valence-corrected chi connectivity index (χ4v) is 1.74. The maximum atomic E-state index is 9.04. The van der Waals surface area contributed by atoms with Crippen molar-refractivity contribution < 1.29 is 9.84 Å². The zero-order valence-electron chi connectivity index (χ0n) is 8.16. The summed E-state index contributed by atoms with van der Waals surface area (Å²) in [6.45, 7) is 6.42. The van der Waals surface area contributed by atoms with Gasteiger partial charge in [-0.05, 0) is 35.8 Å². The standard InChI is InChI=1S/C11H14BrO2/c1-3-14-11-9(8(2)7-13)5-4-6-10(11)12/h4-6,8,13H,2-3,7H2,1H3. The zero-order chi connectivity index (χ0) is 10.6. The third-order valence-corrected chi connectivity index (χ3v) is 2.57. The van der Waals surface area contributed by atoms with Crippen LogP contribution >= 0.6 is 15.9 Å². The lowest BCUT2D eigenvalue weighted by Crippen LogP contribution is -2.04. The van der Waals surface area contributed by atoms with E-state index in [4.69, 9.17) is 9.84 Å². The van der Waals surface area contributed by atoms with Crippen molar-refractivity contribution >= 4 is 15.9 Å². The molecular formula is C11H14BrO2. The minimum atomic E-state index is -0.144. The van der Waals surface area contributed by atoms with Crippen LogP contribution < -0.4 is 4.74 Å². The summed E-state index contributed by atoms with van der Waals surface area (Å²) in [5.41, 5.74) is 0.934. The topological polar surface area (TPSA) is 29.5 Å². The van der Waals surface area contributed by atoms with Crippen molar-refractivity contribution in [3.05, 3.63) is 35.2 Å². The Kier molecular flexibility index (Phi) is 4.42. The number of rotatable bonds is 4. The summed E-state index contributed by atoms with van der Waals surface area (Å²) in [6.07, 6.45) is 0. The Labute approximate surface area is 93.0 Å². The highest BCUT2D eigenvalue weighted by Gasteiger charge is 2.13. The molecule has 2 nitrogen and oxygen atoms in total. The summed E-state index contributed by atoms with van der Waals surface area (Å²) < 4.78 is 6.39. The van der Waals surface area contributed by atoms with Crippen molar-refractivity contribution in [3.8, 4) is 5.75 Å². The van der Waals surface area contributed by atoms with Gasteiger partial charge in [0, 0.05) is 11.5 Å². The molecule has 0 aliphatic heterocycles. The molecule has 0 bridgehead atoms. The molecular weight excluding hydrogens is 244 g/mol. The van der Waals surface area contributed by atoms with Crippen molar-refractivity contribution in [2.45, 2.75) is 12.8 Å². The van der Waals surface area contributed by atoms with Gasteiger partial charge >= 0.3 is 0 Å². The molecule has 0 aliphatic carbocycles. The lowest BCUT2D eigenvalue weighted by atomic mass is 10.0. The van der Waals surface area contributed by atoms with Crippen molar-refractivity contribution in [1.29, 1.82) is 0 Å². The molecule has 0 fully saturated rings. The van der Waals surface area contributed by atoms with E-state index in [1.54, 1.807) is 0 Å². The monoisotopic (exact) mass is 257 g/mol. The number of ether oxygens (including phenoxy) is 1. The minimum absolute atomic E-state index is 0.0243. The van der Waals surface area contributed by atoms with E-state index in [1.807, 2.05) is 25.1 Å². The Balaban J connectivity index is 3.07. The van der Waals surface area contributed by atoms with Crippen LogP contribution in [0.1, 0.15) is 18.4 Å². The SMILES string of the molecule is [CH2]C(CO)c1cccc(Br)c1OCC. The van der Waals surface area contributed by atoms with Crippen LogP contribution in [-0.4, -0.2) is 18.3 Å². The highest BCUT2D eigenvalue weighted by molar-refractivity contribution is 9.10. The van der Waals surface area contributed by atoms with Crippen molar-refractivity contribution in [3.63, 3.8) is 0 Å². The Morgan fingerprint density at radius 3 is 2.86 bits per heavy atom. The number of halogens is 1. The molecule has 1 radical (unpaired) electrons. The first kappa shape index (κ1) is 11.5. The van der Waals surface area contributed by atoms with Crippen LogP contribution in [0.3, 0.4) is 0 Å². The second-order valence-corrected chi connectivity index (χ2v) is 3.83. The number of para-hydroxylation sites is 1. The van der Waals surface area contributed by atoms with Gasteiger partial charge in [-0.15, -0.1) is 0 Å². The van der Waals surface area contributed by atoms with E-state index < -0.39 is 0 Å². The third kappa shape index (κ3) is 2.49. The van der Waals surface area contributed by atoms with Gasteiger partial charge in [-0.2, -0.15) is 0 Å². The second-order valence-electron chi connectivity index (χ2n) is 2.97. The average molecular weight is 258 g/mol. The van der Waals surface area contributed by atoms with E-state index in [-0.39, 0.29) is 12.5 Å². The number of aliphatic hydroxyl groups is 1. The first-order chi connectivity index (χ1) is 6.70. The molecule has 14 heavy (non-hydrogen) atoms. The number of aliphatic hydroxyl groups excluding tert-OH is 1. The molecule has 0 amide bonds. The van der Waals surface area contributed by atoms with E-state index in [0.717, 1.165) is 15.8 Å². The molecule has 0 heterocycles. The van der Waals surface area contributed by atoms with Gasteiger partial charge in [-0.1, -0.05) is 12.1 Å². The predicted molar refractivity (Wildman–Crippen MR) is 60.5 cm³/mol. The fraction of sp³-hybridized carbons (Fsp3) is 0.364. The molecule has 1 N–H and O–H groups in total. The minimum Gasteiger partial charge on any atom is -0.492 e. The Morgan fingerprint density at radius 1 is 1.57 bits per heavy atom. The van der Waals surface area contributed by atoms with Gasteiger partial charge in [0.15, 0.2) is 0 Å². The Hall–Kier alpha value is -0.540. The maximum absolute atomic E-state index is 9.04. The largest absolute Gasteiger partial charge is 0.492 e. The van der Waals surface area contributed by atoms with Crippen molar-refractivity contribution in [2.75, 3.05) is 13.2 Å². The van der Waals surface area contributed by atoms with Crippen molar-refractivity contribution in [2.24, 2.45) is 0 Å². The molecule has 1 unspecified atom stereocenters. The van der Waals surface area contributed by atoms with Crippen LogP contribution in [0, 0.1) is 6.92 Å². The van der Waals surface area contributed by atoms with Gasteiger partial charge in [0.25, 0.3) is 0 Å². The molecule has 1 atom stereocenters. The normalized spacial score (nSPS) is 12.6. The van der Waals surface area contributed by atoms with Crippen LogP contribution in [0.5, 0.6) is 5.75 Å². The molecule has 0 aromatic heterocycles. The van der Waals surface area contributed by atoms with Crippen LogP contribution in [-0.2, 0) is 0 Å². The van der Waals surface area contributed by atoms with Crippen molar-refractivity contribution in [1.82, 2.24) is 0 Å². The maximum Gasteiger partial charge on any atom is 0.137 e. The van der Waals surface area contributed by atoms with Gasteiger partial charge in [0.05, 0.1) is 17.7 Å². The molecule has 0 saturated heterocycles. The molecule has 0 aliphatic rings. The third-order valence-electron chi connectivity index (χ3n) is 1.95. The van der Waals surface area contributed by atoms with Crippen LogP contribution in [0.4, 0.5) is 0 Å². The van der Waals surface area contributed by atoms with E-state index in [1.165, 1.54) is 0 Å². The lowest BCUT2D eigenvalue weighted by Gasteiger charge is -2.15. The Morgan fingerprint density at radius 2 is 2.29 bits per heavy atom. The molecule has 1 rings (SSSR count). The second kappa shape index (κ2) is 5.37. The lowest BCUT2D eigenvalue weighted by molar-refractivity contribution is 0.275. The van der Waals surface area contributed by atoms with Crippen LogP contribution in [0.25, 0.3) is 0 Å². The van der Waals surface area contributed by atoms with E-state index >= 15 is 0 Å². The van der Waals surface area contributed by atoms with Gasteiger partial charge in [-0.3, -0.25) is 0 Å². The summed E-state index contributed by atoms with van der Waals surface area (Å²) in [4.78, 5) is 0. The molecule has 77 valence electrons. The van der Waals surface area contributed by atoms with Gasteiger partial charge in [0.2, 0.25) is 0 Å². The summed E-state index contributed by atoms with van der Waals surface area (Å²) in [5, 5.41) is 9.04. The van der Waals surface area contributed by atoms with Gasteiger partial charge < -0.3 is 9.84 Å². The number of hydrogen-bond acceptors (Lipinski definition) is 2. The van der Waals surface area contributed by atoms with E-state index in [0.29, 0.717) is 6.61 Å². The average Bonchev–Trinajstić information content (AvgIpc) is 2.20. The number of benzene rings is 1. The highest BCUT2D eigenvalue weighted by Crippen LogP contribution is 2.33. The molecule has 0 saturated carbocycles. The van der Waals surface area contributed by atoms with Gasteiger partial charge in [0.1, 0.15) is 5.75 Å². The van der Waals surface area contributed by atoms with E-state index in [2.05, 4.69) is 22.9 Å². The first-order valence-corrected chi connectivity index (χ1v) is 5.35. The number of hydrogen-bond donors (Lipinski definition) is 1. The molecule has 1 aromatic carbocycles. The summed E-state index contributed by atoms with van der Waals surface area (Å²) in [6, 6.07) is 5.75. The summed E-state index contributed by atoms with van der Waals surface area (Å²) in [5.74, 6) is 0.637. The Bertz CT molecular complexity index is 299. The highest BCUT2D eigenvalue weighted by atomic mass is 79.9. The molecule has 0 spiro atoms. The molecule has 1 aromatic rings. The van der Waals surface area contributed by atoms with Gasteiger partial charge in [-0.25, -0.2) is 0 Å². The van der Waals surface area contributed by atoms with E-state index in [9.17, 15) is 0 Å². The summed E-state index contributed by atoms with van der Waals surface area (Å²) in [7, 11) is 0. The zero-order valence-corrected chi connectivity index (χ0v) is 9.75. The van der Waals surface area contributed by atoms with Crippen LogP contribution in [0.2, 0.25) is 0 Å². The first-order valence-electron chi connectivity index (χ1n) is 4.55. The predicted octanol–water partition coefficient (Wildman–Crippen LogP) is 2.76. The van der Waals surface area contributed by atoms with Crippen LogP contribution in [0.15, 0.2) is 22.7 Å². The fourth-order valence-electron chi connectivity index (χ4n) is 1.24.